The first-order valence-corrected chi connectivity index (χ1v) is 4.08. The smallest absolute Gasteiger partial charge is 0.137 e. The van der Waals surface area contributed by atoms with Crippen molar-refractivity contribution in [3.05, 3.63) is 28.8 Å². The molecule has 0 fully saturated rings. The zero-order valence-corrected chi connectivity index (χ0v) is 7.62. The van der Waals surface area contributed by atoms with Gasteiger partial charge in [0.1, 0.15) is 5.75 Å². The van der Waals surface area contributed by atoms with E-state index in [0.29, 0.717) is 16.7 Å². The third-order valence-corrected chi connectivity index (χ3v) is 2.12. The van der Waals surface area contributed by atoms with E-state index in [2.05, 4.69) is 0 Å². The van der Waals surface area contributed by atoms with Gasteiger partial charge in [-0.15, -0.1) is 11.6 Å². The lowest BCUT2D eigenvalue weighted by atomic mass is 10.2. The molecule has 1 aromatic carbocycles. The average molecular weight is 191 g/mol. The summed E-state index contributed by atoms with van der Waals surface area (Å²) in [6.45, 7) is 0. The first kappa shape index (κ1) is 8.69. The van der Waals surface area contributed by atoms with Crippen molar-refractivity contribution in [2.45, 2.75) is 5.88 Å². The quantitative estimate of drug-likeness (QED) is 0.652. The Balaban J connectivity index is 3.10. The summed E-state index contributed by atoms with van der Waals surface area (Å²) in [5, 5.41) is 0.602. The van der Waals surface area contributed by atoms with Crippen LogP contribution < -0.4 is 4.74 Å². The Hall–Kier alpha value is -0.400. The van der Waals surface area contributed by atoms with E-state index in [1.54, 1.807) is 13.2 Å². The molecule has 0 heterocycles. The number of halogens is 2. The minimum atomic E-state index is 0.413. The predicted molar refractivity (Wildman–Crippen MR) is 47.6 cm³/mol. The predicted octanol–water partition coefficient (Wildman–Crippen LogP) is 3.09. The standard InChI is InChI=1S/C8H8Cl2O/c1-11-7-4-2-3-6(5-9)8(7)10/h2-4H,5H2,1H3. The molecular weight excluding hydrogens is 183 g/mol. The lowest BCUT2D eigenvalue weighted by Crippen LogP contribution is -1.87. The van der Waals surface area contributed by atoms with Gasteiger partial charge in [-0.25, -0.2) is 0 Å². The molecule has 0 aliphatic heterocycles. The van der Waals surface area contributed by atoms with Crippen LogP contribution in [-0.2, 0) is 5.88 Å². The van der Waals surface area contributed by atoms with Crippen LogP contribution in [0.3, 0.4) is 0 Å². The first-order chi connectivity index (χ1) is 5.29. The summed E-state index contributed by atoms with van der Waals surface area (Å²) in [4.78, 5) is 0. The molecule has 0 aliphatic carbocycles. The lowest BCUT2D eigenvalue weighted by molar-refractivity contribution is 0.414. The molecular formula is C8H8Cl2O. The highest BCUT2D eigenvalue weighted by molar-refractivity contribution is 6.33. The van der Waals surface area contributed by atoms with Gasteiger partial charge in [0.15, 0.2) is 0 Å². The molecule has 11 heavy (non-hydrogen) atoms. The minimum absolute atomic E-state index is 0.413. The molecule has 0 saturated heterocycles. The number of benzene rings is 1. The highest BCUT2D eigenvalue weighted by Crippen LogP contribution is 2.28. The van der Waals surface area contributed by atoms with Crippen LogP contribution in [0.15, 0.2) is 18.2 Å². The Morgan fingerprint density at radius 1 is 1.45 bits per heavy atom. The van der Waals surface area contributed by atoms with E-state index < -0.39 is 0 Å². The number of rotatable bonds is 2. The van der Waals surface area contributed by atoms with Gasteiger partial charge in [-0.2, -0.15) is 0 Å². The largest absolute Gasteiger partial charge is 0.495 e. The second kappa shape index (κ2) is 3.84. The van der Waals surface area contributed by atoms with Gasteiger partial charge in [0.05, 0.1) is 12.1 Å². The van der Waals surface area contributed by atoms with Crippen molar-refractivity contribution in [2.75, 3.05) is 7.11 Å². The Morgan fingerprint density at radius 2 is 2.18 bits per heavy atom. The Morgan fingerprint density at radius 3 is 2.73 bits per heavy atom. The fourth-order valence-corrected chi connectivity index (χ4v) is 1.38. The highest BCUT2D eigenvalue weighted by atomic mass is 35.5. The van der Waals surface area contributed by atoms with Crippen LogP contribution in [0.25, 0.3) is 0 Å². The van der Waals surface area contributed by atoms with Crippen LogP contribution in [0.2, 0.25) is 5.02 Å². The summed E-state index contributed by atoms with van der Waals surface area (Å²) in [6.07, 6.45) is 0. The van der Waals surface area contributed by atoms with E-state index in [1.807, 2.05) is 12.1 Å². The summed E-state index contributed by atoms with van der Waals surface area (Å²) in [5.74, 6) is 1.08. The van der Waals surface area contributed by atoms with Crippen LogP contribution in [0, 0.1) is 0 Å². The van der Waals surface area contributed by atoms with Gasteiger partial charge in [-0.3, -0.25) is 0 Å². The number of methoxy groups -OCH3 is 1. The molecule has 0 aromatic heterocycles. The molecule has 1 rings (SSSR count). The van der Waals surface area contributed by atoms with Crippen molar-refractivity contribution in [3.8, 4) is 5.75 Å². The maximum Gasteiger partial charge on any atom is 0.137 e. The van der Waals surface area contributed by atoms with Gasteiger partial charge in [-0.1, -0.05) is 23.7 Å². The topological polar surface area (TPSA) is 9.23 Å². The monoisotopic (exact) mass is 190 g/mol. The molecule has 0 aliphatic rings. The lowest BCUT2D eigenvalue weighted by Gasteiger charge is -2.04. The molecule has 0 saturated carbocycles. The van der Waals surface area contributed by atoms with Crippen LogP contribution in [-0.4, -0.2) is 7.11 Å². The number of alkyl halides is 1. The molecule has 60 valence electrons. The van der Waals surface area contributed by atoms with Crippen LogP contribution in [0.1, 0.15) is 5.56 Å². The zero-order chi connectivity index (χ0) is 8.27. The van der Waals surface area contributed by atoms with E-state index in [9.17, 15) is 0 Å². The molecule has 3 heteroatoms. The number of hydrogen-bond donors (Lipinski definition) is 0. The Kier molecular flexibility index (Phi) is 3.03. The SMILES string of the molecule is COc1cccc(CCl)c1Cl. The first-order valence-electron chi connectivity index (χ1n) is 3.17. The molecule has 1 aromatic rings. The third kappa shape index (κ3) is 1.79. The molecule has 0 spiro atoms. The molecule has 0 N–H and O–H groups in total. The van der Waals surface area contributed by atoms with Crippen molar-refractivity contribution in [3.63, 3.8) is 0 Å². The fourth-order valence-electron chi connectivity index (χ4n) is 0.817. The normalized spacial score (nSPS) is 9.73. The van der Waals surface area contributed by atoms with Gasteiger partial charge in [0.25, 0.3) is 0 Å². The molecule has 0 unspecified atom stereocenters. The molecule has 0 bridgehead atoms. The molecule has 0 atom stereocenters. The summed E-state index contributed by atoms with van der Waals surface area (Å²) in [6, 6.07) is 5.54. The maximum atomic E-state index is 5.90. The summed E-state index contributed by atoms with van der Waals surface area (Å²) >= 11 is 11.5. The van der Waals surface area contributed by atoms with Gasteiger partial charge in [0, 0.05) is 5.88 Å². The van der Waals surface area contributed by atoms with E-state index in [4.69, 9.17) is 27.9 Å². The van der Waals surface area contributed by atoms with E-state index in [0.717, 1.165) is 5.56 Å². The fraction of sp³-hybridized carbons (Fsp3) is 0.250. The van der Waals surface area contributed by atoms with Crippen molar-refractivity contribution in [2.24, 2.45) is 0 Å². The minimum Gasteiger partial charge on any atom is -0.495 e. The van der Waals surface area contributed by atoms with Crippen molar-refractivity contribution >= 4 is 23.2 Å². The number of hydrogen-bond acceptors (Lipinski definition) is 1. The molecule has 1 nitrogen and oxygen atoms in total. The third-order valence-electron chi connectivity index (χ3n) is 1.41. The van der Waals surface area contributed by atoms with Gasteiger partial charge >= 0.3 is 0 Å². The number of ether oxygens (including phenoxy) is 1. The van der Waals surface area contributed by atoms with Crippen molar-refractivity contribution < 1.29 is 4.74 Å². The van der Waals surface area contributed by atoms with Crippen LogP contribution in [0.5, 0.6) is 5.75 Å². The average Bonchev–Trinajstić information content (AvgIpc) is 2.05. The van der Waals surface area contributed by atoms with Crippen molar-refractivity contribution in [1.82, 2.24) is 0 Å². The van der Waals surface area contributed by atoms with Crippen molar-refractivity contribution in [1.29, 1.82) is 0 Å². The Labute approximate surface area is 75.9 Å². The highest BCUT2D eigenvalue weighted by Gasteiger charge is 2.03. The van der Waals surface area contributed by atoms with Gasteiger partial charge in [0.2, 0.25) is 0 Å². The molecule has 0 amide bonds. The molecule has 0 radical (unpaired) electrons. The van der Waals surface area contributed by atoms with Crippen LogP contribution >= 0.6 is 23.2 Å². The second-order valence-electron chi connectivity index (χ2n) is 2.07. The Bertz CT molecular complexity index is 226. The van der Waals surface area contributed by atoms with Gasteiger partial charge < -0.3 is 4.74 Å². The summed E-state index contributed by atoms with van der Waals surface area (Å²) in [7, 11) is 1.58. The second-order valence-corrected chi connectivity index (χ2v) is 2.71. The van der Waals surface area contributed by atoms with E-state index >= 15 is 0 Å². The maximum absolute atomic E-state index is 5.90. The van der Waals surface area contributed by atoms with E-state index in [-0.39, 0.29) is 0 Å². The van der Waals surface area contributed by atoms with Gasteiger partial charge in [-0.05, 0) is 11.6 Å². The van der Waals surface area contributed by atoms with E-state index in [1.165, 1.54) is 0 Å². The zero-order valence-electron chi connectivity index (χ0n) is 6.10. The summed E-state index contributed by atoms with van der Waals surface area (Å²) < 4.78 is 5.00. The summed E-state index contributed by atoms with van der Waals surface area (Å²) in [5.41, 5.74) is 0.896. The van der Waals surface area contributed by atoms with Crippen LogP contribution in [0.4, 0.5) is 0 Å².